The number of carbonyl (C=O) groups is 1. The van der Waals surface area contributed by atoms with Crippen LogP contribution in [-0.2, 0) is 4.79 Å². The maximum Gasteiger partial charge on any atom is 0.387 e. The van der Waals surface area contributed by atoms with Crippen molar-refractivity contribution in [1.82, 2.24) is 0 Å². The molecule has 0 fully saturated rings. The summed E-state index contributed by atoms with van der Waals surface area (Å²) in [5.41, 5.74) is 0.420. The minimum absolute atomic E-state index is 0.00337. The van der Waals surface area contributed by atoms with Crippen LogP contribution in [-0.4, -0.2) is 18.3 Å². The number of thioether (sulfide) groups is 1. The van der Waals surface area contributed by atoms with Crippen molar-refractivity contribution in [3.05, 3.63) is 52.5 Å². The van der Waals surface area contributed by atoms with Crippen molar-refractivity contribution in [3.63, 3.8) is 0 Å². The first-order valence-corrected chi connectivity index (χ1v) is 8.61. The average Bonchev–Trinajstić information content (AvgIpc) is 2.51. The summed E-state index contributed by atoms with van der Waals surface area (Å²) < 4.78 is 28.5. The Labute approximate surface area is 152 Å². The van der Waals surface area contributed by atoms with E-state index in [0.717, 1.165) is 4.90 Å². The Morgan fingerprint density at radius 3 is 2.50 bits per heavy atom. The number of nitrogens with one attached hydrogen (secondary N) is 1. The molecule has 0 aromatic heterocycles. The third kappa shape index (κ3) is 6.19. The van der Waals surface area contributed by atoms with Gasteiger partial charge in [0, 0.05) is 27.8 Å². The standard InChI is InChI=1S/C16H13Cl2F2NO2S/c17-10-1-4-12(5-2-10)24-8-7-15(22)21-11-3-6-14(13(18)9-11)23-16(19)20/h1-6,9,16H,7-8H2,(H,21,22). The fourth-order valence-electron chi connectivity index (χ4n) is 1.79. The van der Waals surface area contributed by atoms with E-state index in [4.69, 9.17) is 23.2 Å². The predicted molar refractivity (Wildman–Crippen MR) is 93.5 cm³/mol. The number of anilines is 1. The third-order valence-electron chi connectivity index (χ3n) is 2.84. The molecule has 8 heteroatoms. The molecule has 0 saturated heterocycles. The van der Waals surface area contributed by atoms with Gasteiger partial charge in [0.1, 0.15) is 5.75 Å². The zero-order valence-electron chi connectivity index (χ0n) is 12.3. The molecule has 128 valence electrons. The minimum Gasteiger partial charge on any atom is -0.433 e. The second-order valence-corrected chi connectivity index (χ2v) is 6.64. The van der Waals surface area contributed by atoms with Gasteiger partial charge in [0.2, 0.25) is 5.91 Å². The van der Waals surface area contributed by atoms with Crippen LogP contribution in [0.4, 0.5) is 14.5 Å². The number of alkyl halides is 2. The Morgan fingerprint density at radius 2 is 1.88 bits per heavy atom. The van der Waals surface area contributed by atoms with Crippen molar-refractivity contribution in [2.24, 2.45) is 0 Å². The molecule has 0 heterocycles. The van der Waals surface area contributed by atoms with Crippen LogP contribution in [0.25, 0.3) is 0 Å². The summed E-state index contributed by atoms with van der Waals surface area (Å²) in [5, 5.41) is 3.32. The van der Waals surface area contributed by atoms with Gasteiger partial charge in [0.25, 0.3) is 0 Å². The molecule has 0 spiro atoms. The molecule has 0 bridgehead atoms. The SMILES string of the molecule is O=C(CCSc1ccc(Cl)cc1)Nc1ccc(OC(F)F)c(Cl)c1. The summed E-state index contributed by atoms with van der Waals surface area (Å²) in [5.74, 6) is 0.256. The van der Waals surface area contributed by atoms with E-state index in [-0.39, 0.29) is 16.7 Å². The van der Waals surface area contributed by atoms with Crippen molar-refractivity contribution >= 4 is 46.6 Å². The molecule has 24 heavy (non-hydrogen) atoms. The summed E-state index contributed by atoms with van der Waals surface area (Å²) in [4.78, 5) is 12.9. The van der Waals surface area contributed by atoms with Gasteiger partial charge in [-0.25, -0.2) is 0 Å². The van der Waals surface area contributed by atoms with E-state index >= 15 is 0 Å². The maximum absolute atomic E-state index is 12.2. The number of carbonyl (C=O) groups excluding carboxylic acids is 1. The fraction of sp³-hybridized carbons (Fsp3) is 0.188. The van der Waals surface area contributed by atoms with E-state index in [1.54, 1.807) is 12.1 Å². The number of benzene rings is 2. The van der Waals surface area contributed by atoms with Crippen LogP contribution in [0.5, 0.6) is 5.75 Å². The predicted octanol–water partition coefficient (Wildman–Crippen LogP) is 5.72. The second-order valence-electron chi connectivity index (χ2n) is 4.62. The zero-order valence-corrected chi connectivity index (χ0v) is 14.6. The van der Waals surface area contributed by atoms with Gasteiger partial charge in [0.05, 0.1) is 5.02 Å². The zero-order chi connectivity index (χ0) is 17.5. The molecule has 2 aromatic carbocycles. The summed E-state index contributed by atoms with van der Waals surface area (Å²) in [6, 6.07) is 11.4. The van der Waals surface area contributed by atoms with E-state index in [2.05, 4.69) is 10.1 Å². The Hall–Kier alpha value is -1.50. The van der Waals surface area contributed by atoms with Crippen LogP contribution in [0, 0.1) is 0 Å². The van der Waals surface area contributed by atoms with Crippen molar-refractivity contribution < 1.29 is 18.3 Å². The monoisotopic (exact) mass is 391 g/mol. The molecule has 0 aliphatic rings. The molecule has 0 atom stereocenters. The first-order valence-electron chi connectivity index (χ1n) is 6.86. The highest BCUT2D eigenvalue weighted by atomic mass is 35.5. The second kappa shape index (κ2) is 9.11. The first-order chi connectivity index (χ1) is 11.4. The van der Waals surface area contributed by atoms with Crippen LogP contribution >= 0.6 is 35.0 Å². The van der Waals surface area contributed by atoms with E-state index in [1.165, 1.54) is 30.0 Å². The Bertz CT molecular complexity index is 699. The smallest absolute Gasteiger partial charge is 0.387 e. The van der Waals surface area contributed by atoms with Crippen molar-refractivity contribution in [3.8, 4) is 5.75 Å². The number of hydrogen-bond donors (Lipinski definition) is 1. The Kier molecular flexibility index (Phi) is 7.15. The van der Waals surface area contributed by atoms with Gasteiger partial charge in [0.15, 0.2) is 0 Å². The summed E-state index contributed by atoms with van der Waals surface area (Å²) in [6.07, 6.45) is 0.292. The average molecular weight is 392 g/mol. The van der Waals surface area contributed by atoms with Crippen LogP contribution in [0.2, 0.25) is 10.0 Å². The summed E-state index contributed by atoms with van der Waals surface area (Å²) >= 11 is 13.2. The number of ether oxygens (including phenoxy) is 1. The number of halogens is 4. The molecule has 3 nitrogen and oxygen atoms in total. The van der Waals surface area contributed by atoms with Gasteiger partial charge in [-0.05, 0) is 42.5 Å². The molecule has 2 rings (SSSR count). The lowest BCUT2D eigenvalue weighted by molar-refractivity contribution is -0.115. The highest BCUT2D eigenvalue weighted by Crippen LogP contribution is 2.29. The normalized spacial score (nSPS) is 10.7. The van der Waals surface area contributed by atoms with E-state index < -0.39 is 6.61 Å². The summed E-state index contributed by atoms with van der Waals surface area (Å²) in [7, 11) is 0. The number of rotatable bonds is 7. The first kappa shape index (κ1) is 18.8. The molecule has 1 amide bonds. The van der Waals surface area contributed by atoms with E-state index in [0.29, 0.717) is 22.9 Å². The van der Waals surface area contributed by atoms with Gasteiger partial charge < -0.3 is 10.1 Å². The maximum atomic E-state index is 12.2. The largest absolute Gasteiger partial charge is 0.433 e. The molecular weight excluding hydrogens is 379 g/mol. The number of amides is 1. The lowest BCUT2D eigenvalue weighted by Gasteiger charge is -2.09. The highest BCUT2D eigenvalue weighted by molar-refractivity contribution is 7.99. The highest BCUT2D eigenvalue weighted by Gasteiger charge is 2.10. The van der Waals surface area contributed by atoms with Gasteiger partial charge in [-0.2, -0.15) is 8.78 Å². The lowest BCUT2D eigenvalue weighted by atomic mass is 10.3. The van der Waals surface area contributed by atoms with Crippen LogP contribution in [0.3, 0.4) is 0 Å². The fourth-order valence-corrected chi connectivity index (χ4v) is 2.99. The van der Waals surface area contributed by atoms with Gasteiger partial charge in [-0.15, -0.1) is 11.8 Å². The van der Waals surface area contributed by atoms with Crippen LogP contribution in [0.15, 0.2) is 47.4 Å². The van der Waals surface area contributed by atoms with E-state index in [1.807, 2.05) is 12.1 Å². The molecule has 0 aliphatic carbocycles. The molecular formula is C16H13Cl2F2NO2S. The summed E-state index contributed by atoms with van der Waals surface area (Å²) in [6.45, 7) is -2.95. The lowest BCUT2D eigenvalue weighted by Crippen LogP contribution is -2.12. The Morgan fingerprint density at radius 1 is 1.17 bits per heavy atom. The Balaban J connectivity index is 1.81. The topological polar surface area (TPSA) is 38.3 Å². The quantitative estimate of drug-likeness (QED) is 0.613. The van der Waals surface area contributed by atoms with Gasteiger partial charge >= 0.3 is 6.61 Å². The van der Waals surface area contributed by atoms with Gasteiger partial charge in [-0.3, -0.25) is 4.79 Å². The van der Waals surface area contributed by atoms with Crippen molar-refractivity contribution in [2.45, 2.75) is 17.9 Å². The van der Waals surface area contributed by atoms with E-state index in [9.17, 15) is 13.6 Å². The number of hydrogen-bond acceptors (Lipinski definition) is 3. The van der Waals surface area contributed by atoms with Gasteiger partial charge in [-0.1, -0.05) is 23.2 Å². The third-order valence-corrected chi connectivity index (χ3v) is 4.40. The van der Waals surface area contributed by atoms with Crippen molar-refractivity contribution in [2.75, 3.05) is 11.1 Å². The molecule has 0 unspecified atom stereocenters. The van der Waals surface area contributed by atoms with Crippen LogP contribution < -0.4 is 10.1 Å². The van der Waals surface area contributed by atoms with Crippen molar-refractivity contribution in [1.29, 1.82) is 0 Å². The van der Waals surface area contributed by atoms with Crippen LogP contribution in [0.1, 0.15) is 6.42 Å². The molecule has 0 radical (unpaired) electrons. The minimum atomic E-state index is -2.95. The molecule has 0 saturated carbocycles. The molecule has 2 aromatic rings. The molecule has 0 aliphatic heterocycles. The molecule has 1 N–H and O–H groups in total.